The van der Waals surface area contributed by atoms with Crippen molar-refractivity contribution in [3.05, 3.63) is 81.1 Å². The van der Waals surface area contributed by atoms with Gasteiger partial charge in [-0.1, -0.05) is 0 Å². The van der Waals surface area contributed by atoms with E-state index in [4.69, 9.17) is 9.15 Å². The number of benzene rings is 1. The number of furan rings is 1. The van der Waals surface area contributed by atoms with Gasteiger partial charge < -0.3 is 23.9 Å². The van der Waals surface area contributed by atoms with Crippen molar-refractivity contribution in [3.63, 3.8) is 0 Å². The van der Waals surface area contributed by atoms with Crippen LogP contribution in [0.4, 0.5) is 11.4 Å². The van der Waals surface area contributed by atoms with Crippen molar-refractivity contribution in [3.8, 4) is 11.8 Å². The summed E-state index contributed by atoms with van der Waals surface area (Å²) in [5, 5.41) is 24.1. The summed E-state index contributed by atoms with van der Waals surface area (Å²) in [5.41, 5.74) is 3.40. The first kappa shape index (κ1) is 23.8. The van der Waals surface area contributed by atoms with Gasteiger partial charge in [-0.2, -0.15) is 5.26 Å². The van der Waals surface area contributed by atoms with Gasteiger partial charge in [0.2, 0.25) is 0 Å². The van der Waals surface area contributed by atoms with Gasteiger partial charge in [-0.05, 0) is 55.8 Å². The van der Waals surface area contributed by atoms with Crippen LogP contribution in [0.1, 0.15) is 22.7 Å². The molecule has 0 saturated carbocycles. The number of nitro groups is 1. The number of aromatic nitrogens is 1. The number of amides is 1. The maximum atomic E-state index is 12.5. The van der Waals surface area contributed by atoms with Crippen LogP contribution in [-0.4, -0.2) is 41.7 Å². The molecular formula is C25H25N5O5. The Morgan fingerprint density at radius 2 is 2.03 bits per heavy atom. The third-order valence-electron chi connectivity index (χ3n) is 5.90. The number of carbonyl (C=O) groups is 1. The molecule has 10 nitrogen and oxygen atoms in total. The summed E-state index contributed by atoms with van der Waals surface area (Å²) < 4.78 is 12.4. The zero-order chi connectivity index (χ0) is 24.9. The van der Waals surface area contributed by atoms with Gasteiger partial charge in [-0.15, -0.1) is 0 Å². The molecule has 0 atom stereocenters. The van der Waals surface area contributed by atoms with Crippen molar-refractivity contribution >= 4 is 23.4 Å². The number of hydrogen-bond donors (Lipinski definition) is 1. The number of nitriles is 1. The molecule has 1 aliphatic rings. The minimum absolute atomic E-state index is 0.0176. The van der Waals surface area contributed by atoms with Gasteiger partial charge in [0.1, 0.15) is 23.1 Å². The third kappa shape index (κ3) is 5.10. The summed E-state index contributed by atoms with van der Waals surface area (Å²) in [6.45, 7) is 6.13. The first-order valence-corrected chi connectivity index (χ1v) is 11.1. The standard InChI is InChI=1S/C25H25N5O5/c1-17-12-19(13-20(15-26)25(31)27-16-22-4-3-9-35-22)18(2)29(17)21-5-6-23(24(14-21)30(32)33)28-7-10-34-11-8-28/h3-6,9,12-14H,7-8,10-11,16H2,1-2H3,(H,27,31)/b20-13+. The van der Waals surface area contributed by atoms with Crippen LogP contribution in [0.5, 0.6) is 0 Å². The molecule has 1 aromatic carbocycles. The van der Waals surface area contributed by atoms with Crippen LogP contribution >= 0.6 is 0 Å². The monoisotopic (exact) mass is 475 g/mol. The molecule has 1 N–H and O–H groups in total. The quantitative estimate of drug-likeness (QED) is 0.239. The molecule has 1 fully saturated rings. The second-order valence-corrected chi connectivity index (χ2v) is 8.12. The molecule has 1 amide bonds. The average molecular weight is 476 g/mol. The second kappa shape index (κ2) is 10.3. The second-order valence-electron chi connectivity index (χ2n) is 8.12. The van der Waals surface area contributed by atoms with Crippen molar-refractivity contribution < 1.29 is 18.9 Å². The summed E-state index contributed by atoms with van der Waals surface area (Å²) in [4.78, 5) is 26.0. The molecule has 2 aromatic heterocycles. The van der Waals surface area contributed by atoms with Gasteiger partial charge in [0, 0.05) is 30.5 Å². The molecule has 180 valence electrons. The minimum Gasteiger partial charge on any atom is -0.467 e. The van der Waals surface area contributed by atoms with Crippen molar-refractivity contribution in [2.75, 3.05) is 31.2 Å². The highest BCUT2D eigenvalue weighted by Gasteiger charge is 2.23. The van der Waals surface area contributed by atoms with Crippen molar-refractivity contribution in [1.29, 1.82) is 5.26 Å². The average Bonchev–Trinajstić information content (AvgIpc) is 3.48. The first-order chi connectivity index (χ1) is 16.9. The number of morpholine rings is 1. The molecule has 35 heavy (non-hydrogen) atoms. The molecule has 4 rings (SSSR count). The largest absolute Gasteiger partial charge is 0.467 e. The van der Waals surface area contributed by atoms with Crippen molar-refractivity contribution in [1.82, 2.24) is 9.88 Å². The number of aryl methyl sites for hydroxylation is 1. The lowest BCUT2D eigenvalue weighted by atomic mass is 10.1. The lowest BCUT2D eigenvalue weighted by Crippen LogP contribution is -2.36. The molecule has 3 heterocycles. The fourth-order valence-electron chi connectivity index (χ4n) is 4.18. The predicted molar refractivity (Wildman–Crippen MR) is 129 cm³/mol. The van der Waals surface area contributed by atoms with E-state index in [1.165, 1.54) is 12.3 Å². The van der Waals surface area contributed by atoms with Gasteiger partial charge in [0.15, 0.2) is 0 Å². The van der Waals surface area contributed by atoms with Crippen LogP contribution < -0.4 is 10.2 Å². The summed E-state index contributed by atoms with van der Waals surface area (Å²) in [5.74, 6) is 0.0649. The zero-order valence-electron chi connectivity index (χ0n) is 19.5. The summed E-state index contributed by atoms with van der Waals surface area (Å²) in [7, 11) is 0. The van der Waals surface area contributed by atoms with Crippen LogP contribution in [0, 0.1) is 35.3 Å². The number of nitrogens with one attached hydrogen (secondary N) is 1. The SMILES string of the molecule is Cc1cc(/C=C(\C#N)C(=O)NCc2ccco2)c(C)n1-c1ccc(N2CCOCC2)c([N+](=O)[O-])c1. The molecule has 0 bridgehead atoms. The summed E-state index contributed by atoms with van der Waals surface area (Å²) >= 11 is 0. The van der Waals surface area contributed by atoms with E-state index < -0.39 is 5.91 Å². The van der Waals surface area contributed by atoms with Crippen LogP contribution in [-0.2, 0) is 16.1 Å². The van der Waals surface area contributed by atoms with Crippen LogP contribution in [0.25, 0.3) is 11.8 Å². The highest BCUT2D eigenvalue weighted by Crippen LogP contribution is 2.33. The first-order valence-electron chi connectivity index (χ1n) is 11.1. The lowest BCUT2D eigenvalue weighted by Gasteiger charge is -2.28. The van der Waals surface area contributed by atoms with Crippen molar-refractivity contribution in [2.45, 2.75) is 20.4 Å². The number of nitro benzene ring substituents is 1. The van der Waals surface area contributed by atoms with E-state index in [1.807, 2.05) is 41.5 Å². The Morgan fingerprint density at radius 3 is 2.69 bits per heavy atom. The topological polar surface area (TPSA) is 127 Å². The molecule has 1 aliphatic heterocycles. The molecular weight excluding hydrogens is 450 g/mol. The van der Waals surface area contributed by atoms with Gasteiger partial charge in [-0.3, -0.25) is 14.9 Å². The molecule has 0 spiro atoms. The molecule has 3 aromatic rings. The molecule has 0 radical (unpaired) electrons. The number of ether oxygens (including phenoxy) is 1. The number of carbonyl (C=O) groups excluding carboxylic acids is 1. The van der Waals surface area contributed by atoms with E-state index in [1.54, 1.807) is 24.3 Å². The smallest absolute Gasteiger partial charge is 0.294 e. The maximum absolute atomic E-state index is 12.5. The van der Waals surface area contributed by atoms with E-state index in [0.29, 0.717) is 49.0 Å². The van der Waals surface area contributed by atoms with Gasteiger partial charge in [0.05, 0.1) is 36.6 Å². The number of hydrogen-bond acceptors (Lipinski definition) is 7. The molecule has 1 saturated heterocycles. The van der Waals surface area contributed by atoms with E-state index in [0.717, 1.165) is 11.4 Å². The third-order valence-corrected chi connectivity index (χ3v) is 5.90. The summed E-state index contributed by atoms with van der Waals surface area (Å²) in [6.07, 6.45) is 3.03. The van der Waals surface area contributed by atoms with E-state index in [2.05, 4.69) is 5.32 Å². The Bertz CT molecular complexity index is 1310. The molecule has 0 unspecified atom stereocenters. The Balaban J connectivity index is 1.63. The van der Waals surface area contributed by atoms with Gasteiger partial charge >= 0.3 is 0 Å². The predicted octanol–water partition coefficient (Wildman–Crippen LogP) is 3.66. The van der Waals surface area contributed by atoms with Gasteiger partial charge in [-0.25, -0.2) is 0 Å². The lowest BCUT2D eigenvalue weighted by molar-refractivity contribution is -0.384. The molecule has 10 heteroatoms. The maximum Gasteiger partial charge on any atom is 0.294 e. The van der Waals surface area contributed by atoms with E-state index >= 15 is 0 Å². The van der Waals surface area contributed by atoms with Gasteiger partial charge in [0.25, 0.3) is 11.6 Å². The normalized spacial score (nSPS) is 14.0. The van der Waals surface area contributed by atoms with Crippen LogP contribution in [0.15, 0.2) is 52.7 Å². The van der Waals surface area contributed by atoms with E-state index in [9.17, 15) is 20.2 Å². The number of anilines is 1. The Labute approximate surface area is 202 Å². The zero-order valence-corrected chi connectivity index (χ0v) is 19.5. The fourth-order valence-corrected chi connectivity index (χ4v) is 4.18. The number of rotatable bonds is 7. The Kier molecular flexibility index (Phi) is 6.98. The van der Waals surface area contributed by atoms with E-state index in [-0.39, 0.29) is 22.7 Å². The highest BCUT2D eigenvalue weighted by atomic mass is 16.6. The highest BCUT2D eigenvalue weighted by molar-refractivity contribution is 6.01. The number of nitrogens with zero attached hydrogens (tertiary/aromatic N) is 4. The van der Waals surface area contributed by atoms with Crippen LogP contribution in [0.2, 0.25) is 0 Å². The Hall–Kier alpha value is -4.36. The van der Waals surface area contributed by atoms with Crippen molar-refractivity contribution in [2.24, 2.45) is 0 Å². The Morgan fingerprint density at radius 1 is 1.26 bits per heavy atom. The minimum atomic E-state index is -0.515. The van der Waals surface area contributed by atoms with Crippen LogP contribution in [0.3, 0.4) is 0 Å². The molecule has 0 aliphatic carbocycles. The fraction of sp³-hybridized carbons (Fsp3) is 0.280. The summed E-state index contributed by atoms with van der Waals surface area (Å²) in [6, 6.07) is 12.4.